The summed E-state index contributed by atoms with van der Waals surface area (Å²) in [5, 5.41) is 2.87. The highest BCUT2D eigenvalue weighted by molar-refractivity contribution is 7.78. The molecule has 53 valence electrons. The van der Waals surface area contributed by atoms with Crippen molar-refractivity contribution in [3.8, 4) is 0 Å². The fourth-order valence-electron chi connectivity index (χ4n) is 0.691. The molecule has 0 saturated heterocycles. The summed E-state index contributed by atoms with van der Waals surface area (Å²) in [7, 11) is 0. The summed E-state index contributed by atoms with van der Waals surface area (Å²) >= 11 is 4.47. The first-order valence-electron chi connectivity index (χ1n) is 3.51. The SMILES string of the molecule is CCCCCCN[C]=S. The first kappa shape index (κ1) is 8.89. The summed E-state index contributed by atoms with van der Waals surface area (Å²) in [6, 6.07) is 0. The van der Waals surface area contributed by atoms with Gasteiger partial charge in [0.1, 0.15) is 5.49 Å². The second-order valence-electron chi connectivity index (χ2n) is 2.09. The molecule has 0 bridgehead atoms. The smallest absolute Gasteiger partial charge is 0.134 e. The third-order valence-electron chi connectivity index (χ3n) is 1.23. The number of rotatable bonds is 6. The minimum atomic E-state index is 0.990. The monoisotopic (exact) mass is 144 g/mol. The molecule has 9 heavy (non-hydrogen) atoms. The van der Waals surface area contributed by atoms with Gasteiger partial charge in [0.05, 0.1) is 0 Å². The van der Waals surface area contributed by atoms with Crippen molar-refractivity contribution in [3.05, 3.63) is 0 Å². The first-order chi connectivity index (χ1) is 4.41. The van der Waals surface area contributed by atoms with Gasteiger partial charge in [0.15, 0.2) is 0 Å². The zero-order chi connectivity index (χ0) is 6.95. The molecule has 0 spiro atoms. The summed E-state index contributed by atoms with van der Waals surface area (Å²) in [6.07, 6.45) is 5.15. The average Bonchev–Trinajstić information content (AvgIpc) is 1.89. The van der Waals surface area contributed by atoms with Crippen molar-refractivity contribution in [2.45, 2.75) is 32.6 Å². The summed E-state index contributed by atoms with van der Waals surface area (Å²) in [6.45, 7) is 3.20. The highest BCUT2D eigenvalue weighted by Crippen LogP contribution is 1.96. The van der Waals surface area contributed by atoms with Gasteiger partial charge < -0.3 is 5.32 Å². The molecule has 2 heteroatoms. The van der Waals surface area contributed by atoms with E-state index in [1.54, 1.807) is 0 Å². The van der Waals surface area contributed by atoms with Crippen LogP contribution < -0.4 is 5.32 Å². The quantitative estimate of drug-likeness (QED) is 0.347. The van der Waals surface area contributed by atoms with Crippen LogP contribution in [0.5, 0.6) is 0 Å². The molecule has 1 N–H and O–H groups in total. The van der Waals surface area contributed by atoms with Crippen molar-refractivity contribution in [1.82, 2.24) is 5.32 Å². The van der Waals surface area contributed by atoms with E-state index in [2.05, 4.69) is 29.9 Å². The number of hydrogen-bond donors (Lipinski definition) is 1. The van der Waals surface area contributed by atoms with Crippen molar-refractivity contribution in [1.29, 1.82) is 0 Å². The van der Waals surface area contributed by atoms with Crippen molar-refractivity contribution in [3.63, 3.8) is 0 Å². The summed E-state index contributed by atoms with van der Waals surface area (Å²) in [5.74, 6) is 0. The van der Waals surface area contributed by atoms with Crippen LogP contribution in [0.4, 0.5) is 0 Å². The molecule has 0 aliphatic rings. The Labute approximate surface area is 62.8 Å². The Balaban J connectivity index is 2.66. The average molecular weight is 144 g/mol. The molecule has 0 amide bonds. The summed E-state index contributed by atoms with van der Waals surface area (Å²) < 4.78 is 0. The third-order valence-corrected chi connectivity index (χ3v) is 1.37. The molecule has 1 radical (unpaired) electrons. The van der Waals surface area contributed by atoms with E-state index in [0.717, 1.165) is 6.54 Å². The van der Waals surface area contributed by atoms with Crippen LogP contribution in [-0.2, 0) is 0 Å². The van der Waals surface area contributed by atoms with Crippen molar-refractivity contribution < 1.29 is 0 Å². The van der Waals surface area contributed by atoms with E-state index in [0.29, 0.717) is 0 Å². The molecular formula is C7H14NS. The maximum Gasteiger partial charge on any atom is 0.134 e. The summed E-state index contributed by atoms with van der Waals surface area (Å²) in [5.41, 5.74) is 2.48. The molecule has 0 aromatic carbocycles. The lowest BCUT2D eigenvalue weighted by atomic mass is 10.2. The largest absolute Gasteiger partial charge is 0.374 e. The van der Waals surface area contributed by atoms with Gasteiger partial charge in [0.2, 0.25) is 0 Å². The maximum absolute atomic E-state index is 4.47. The van der Waals surface area contributed by atoms with Gasteiger partial charge in [-0.1, -0.05) is 38.4 Å². The van der Waals surface area contributed by atoms with Crippen LogP contribution in [-0.4, -0.2) is 12.0 Å². The number of unbranched alkanes of at least 4 members (excludes halogenated alkanes) is 3. The van der Waals surface area contributed by atoms with Crippen LogP contribution in [0.15, 0.2) is 0 Å². The maximum atomic E-state index is 4.47. The van der Waals surface area contributed by atoms with Gasteiger partial charge in [-0.2, -0.15) is 0 Å². The standard InChI is InChI=1S/C7H14NS/c1-2-3-4-5-6-8-7-9/h2-6H2,1H3,(H,8,9). The van der Waals surface area contributed by atoms with Crippen LogP contribution in [0, 0.1) is 0 Å². The minimum Gasteiger partial charge on any atom is -0.374 e. The molecule has 0 saturated carbocycles. The van der Waals surface area contributed by atoms with E-state index >= 15 is 0 Å². The zero-order valence-electron chi connectivity index (χ0n) is 5.94. The second kappa shape index (κ2) is 7.89. The lowest BCUT2D eigenvalue weighted by Crippen LogP contribution is -2.10. The molecule has 0 aromatic heterocycles. The Hall–Kier alpha value is -0.110. The van der Waals surface area contributed by atoms with Gasteiger partial charge >= 0.3 is 0 Å². The van der Waals surface area contributed by atoms with Gasteiger partial charge in [-0.15, -0.1) is 0 Å². The molecule has 0 rings (SSSR count). The van der Waals surface area contributed by atoms with E-state index < -0.39 is 0 Å². The van der Waals surface area contributed by atoms with E-state index in [1.807, 2.05) is 0 Å². The molecular weight excluding hydrogens is 130 g/mol. The predicted octanol–water partition coefficient (Wildman–Crippen LogP) is 1.99. The van der Waals surface area contributed by atoms with Gasteiger partial charge in [-0.05, 0) is 6.42 Å². The van der Waals surface area contributed by atoms with E-state index in [4.69, 9.17) is 0 Å². The van der Waals surface area contributed by atoms with Crippen LogP contribution >= 0.6 is 12.2 Å². The van der Waals surface area contributed by atoms with E-state index in [-0.39, 0.29) is 0 Å². The Morgan fingerprint density at radius 1 is 1.33 bits per heavy atom. The molecule has 0 aliphatic carbocycles. The number of thiocarbonyl (C=S) groups is 1. The molecule has 0 aromatic rings. The second-order valence-corrected chi connectivity index (χ2v) is 2.29. The van der Waals surface area contributed by atoms with Crippen molar-refractivity contribution in [2.75, 3.05) is 6.54 Å². The fourth-order valence-corrected chi connectivity index (χ4v) is 0.793. The lowest BCUT2D eigenvalue weighted by molar-refractivity contribution is 0.658. The Morgan fingerprint density at radius 2 is 2.11 bits per heavy atom. The Kier molecular flexibility index (Phi) is 7.79. The molecule has 0 atom stereocenters. The van der Waals surface area contributed by atoms with Crippen LogP contribution in [0.25, 0.3) is 0 Å². The van der Waals surface area contributed by atoms with Gasteiger partial charge in [-0.25, -0.2) is 0 Å². The van der Waals surface area contributed by atoms with Gasteiger partial charge in [0, 0.05) is 6.54 Å². The summed E-state index contributed by atoms with van der Waals surface area (Å²) in [4.78, 5) is 0. The third kappa shape index (κ3) is 7.89. The highest BCUT2D eigenvalue weighted by Gasteiger charge is 1.83. The first-order valence-corrected chi connectivity index (χ1v) is 3.92. The lowest BCUT2D eigenvalue weighted by Gasteiger charge is -1.96. The fraction of sp³-hybridized carbons (Fsp3) is 0.857. The Morgan fingerprint density at radius 3 is 2.67 bits per heavy atom. The molecule has 1 nitrogen and oxygen atoms in total. The molecule has 0 fully saturated rings. The topological polar surface area (TPSA) is 12.0 Å². The highest BCUT2D eigenvalue weighted by atomic mass is 32.1. The van der Waals surface area contributed by atoms with Crippen molar-refractivity contribution >= 4 is 17.7 Å². The van der Waals surface area contributed by atoms with Crippen LogP contribution in [0.3, 0.4) is 0 Å². The van der Waals surface area contributed by atoms with E-state index in [9.17, 15) is 0 Å². The number of hydrogen-bond acceptors (Lipinski definition) is 1. The van der Waals surface area contributed by atoms with Crippen LogP contribution in [0.1, 0.15) is 32.6 Å². The molecule has 0 unspecified atom stereocenters. The van der Waals surface area contributed by atoms with Gasteiger partial charge in [-0.3, -0.25) is 0 Å². The molecule has 0 aliphatic heterocycles. The Bertz CT molecular complexity index is 63.9. The minimum absolute atomic E-state index is 0.990. The number of nitrogens with one attached hydrogen (secondary N) is 1. The van der Waals surface area contributed by atoms with Crippen LogP contribution in [0.2, 0.25) is 0 Å². The van der Waals surface area contributed by atoms with Gasteiger partial charge in [0.25, 0.3) is 0 Å². The van der Waals surface area contributed by atoms with Crippen molar-refractivity contribution in [2.24, 2.45) is 0 Å². The van der Waals surface area contributed by atoms with E-state index in [1.165, 1.54) is 25.7 Å². The normalized spacial score (nSPS) is 9.00. The zero-order valence-corrected chi connectivity index (χ0v) is 6.76. The molecule has 0 heterocycles. The predicted molar refractivity (Wildman–Crippen MR) is 44.7 cm³/mol.